The highest BCUT2D eigenvalue weighted by Crippen LogP contribution is 2.36. The second-order valence-corrected chi connectivity index (χ2v) is 6.39. The van der Waals surface area contributed by atoms with E-state index in [-0.39, 0.29) is 6.10 Å². The van der Waals surface area contributed by atoms with Crippen LogP contribution in [0.3, 0.4) is 0 Å². The normalized spacial score (nSPS) is 42.3. The van der Waals surface area contributed by atoms with Crippen LogP contribution in [0.2, 0.25) is 0 Å². The molecule has 0 aromatic heterocycles. The van der Waals surface area contributed by atoms with Crippen molar-refractivity contribution in [3.05, 3.63) is 12.2 Å². The number of hydrogen-bond donors (Lipinski definition) is 1. The van der Waals surface area contributed by atoms with E-state index in [1.165, 1.54) is 57.9 Å². The highest BCUT2D eigenvalue weighted by atomic mass is 16.3. The second kappa shape index (κ2) is 5.75. The molecule has 1 saturated heterocycles. The average molecular weight is 249 g/mol. The number of rotatable bonds is 2. The first-order chi connectivity index (χ1) is 8.86. The quantitative estimate of drug-likeness (QED) is 0.760. The van der Waals surface area contributed by atoms with E-state index in [1.807, 2.05) is 0 Å². The Hall–Kier alpha value is -0.340. The molecular weight excluding hydrogens is 222 g/mol. The molecule has 0 aromatic carbocycles. The first-order valence-electron chi connectivity index (χ1n) is 7.97. The molecule has 2 heteroatoms. The third kappa shape index (κ3) is 2.50. The lowest BCUT2D eigenvalue weighted by Crippen LogP contribution is -2.46. The fourth-order valence-corrected chi connectivity index (χ4v) is 4.35. The van der Waals surface area contributed by atoms with Gasteiger partial charge in [0.25, 0.3) is 0 Å². The maximum atomic E-state index is 10.3. The van der Waals surface area contributed by atoms with Crippen LogP contribution < -0.4 is 0 Å². The van der Waals surface area contributed by atoms with Crippen molar-refractivity contribution in [2.45, 2.75) is 76.0 Å². The van der Waals surface area contributed by atoms with Gasteiger partial charge in [-0.1, -0.05) is 25.0 Å². The third-order valence-electron chi connectivity index (χ3n) is 5.27. The van der Waals surface area contributed by atoms with E-state index >= 15 is 0 Å². The second-order valence-electron chi connectivity index (χ2n) is 6.39. The molecule has 1 N–H and O–H groups in total. The number of aliphatic hydroxyl groups excluding tert-OH is 1. The van der Waals surface area contributed by atoms with Crippen molar-refractivity contribution >= 4 is 0 Å². The van der Waals surface area contributed by atoms with Gasteiger partial charge in [0.1, 0.15) is 0 Å². The lowest BCUT2D eigenvalue weighted by atomic mass is 9.80. The monoisotopic (exact) mass is 249 g/mol. The Balaban J connectivity index is 1.69. The number of allylic oxidation sites excluding steroid dienone is 1. The van der Waals surface area contributed by atoms with E-state index in [2.05, 4.69) is 17.1 Å². The Morgan fingerprint density at radius 1 is 0.944 bits per heavy atom. The summed E-state index contributed by atoms with van der Waals surface area (Å²) in [4.78, 5) is 2.72. The third-order valence-corrected chi connectivity index (χ3v) is 5.27. The molecule has 3 rings (SSSR count). The van der Waals surface area contributed by atoms with Crippen molar-refractivity contribution in [1.29, 1.82) is 0 Å². The summed E-state index contributed by atoms with van der Waals surface area (Å²) in [6.07, 6.45) is 16.2. The van der Waals surface area contributed by atoms with Crippen molar-refractivity contribution in [2.24, 2.45) is 5.92 Å². The minimum absolute atomic E-state index is 0.0306. The smallest absolute Gasteiger partial charge is 0.0583 e. The van der Waals surface area contributed by atoms with Crippen LogP contribution in [0.1, 0.15) is 57.8 Å². The van der Waals surface area contributed by atoms with Gasteiger partial charge >= 0.3 is 0 Å². The SMILES string of the molecule is OC1CCCCC1C1CCCN1C1C=CCCC1. The van der Waals surface area contributed by atoms with E-state index in [9.17, 15) is 5.11 Å². The minimum atomic E-state index is -0.0306. The first kappa shape index (κ1) is 12.7. The predicted molar refractivity (Wildman–Crippen MR) is 74.5 cm³/mol. The molecule has 2 fully saturated rings. The largest absolute Gasteiger partial charge is 0.393 e. The van der Waals surface area contributed by atoms with Crippen LogP contribution in [0, 0.1) is 5.92 Å². The van der Waals surface area contributed by atoms with Crippen LogP contribution in [0.15, 0.2) is 12.2 Å². The van der Waals surface area contributed by atoms with Crippen LogP contribution in [-0.4, -0.2) is 34.7 Å². The van der Waals surface area contributed by atoms with Gasteiger partial charge in [-0.3, -0.25) is 4.90 Å². The Morgan fingerprint density at radius 3 is 2.61 bits per heavy atom. The summed E-state index contributed by atoms with van der Waals surface area (Å²) in [6.45, 7) is 1.25. The Labute approximate surface area is 111 Å². The van der Waals surface area contributed by atoms with Crippen molar-refractivity contribution in [3.8, 4) is 0 Å². The van der Waals surface area contributed by atoms with Crippen molar-refractivity contribution < 1.29 is 5.11 Å². The molecule has 2 aliphatic carbocycles. The maximum absolute atomic E-state index is 10.3. The first-order valence-corrected chi connectivity index (χ1v) is 7.97. The lowest BCUT2D eigenvalue weighted by Gasteiger charge is -2.40. The molecule has 0 radical (unpaired) electrons. The summed E-state index contributed by atoms with van der Waals surface area (Å²) in [5, 5.41) is 10.3. The molecule has 4 atom stereocenters. The summed E-state index contributed by atoms with van der Waals surface area (Å²) in [6, 6.07) is 1.33. The van der Waals surface area contributed by atoms with Crippen molar-refractivity contribution in [2.75, 3.05) is 6.54 Å². The Kier molecular flexibility index (Phi) is 4.05. The molecule has 0 bridgehead atoms. The topological polar surface area (TPSA) is 23.5 Å². The van der Waals surface area contributed by atoms with Crippen LogP contribution in [-0.2, 0) is 0 Å². The molecule has 18 heavy (non-hydrogen) atoms. The molecule has 1 heterocycles. The molecule has 102 valence electrons. The highest BCUT2D eigenvalue weighted by Gasteiger charge is 2.39. The average Bonchev–Trinajstić information content (AvgIpc) is 2.89. The van der Waals surface area contributed by atoms with Gasteiger partial charge in [0.15, 0.2) is 0 Å². The van der Waals surface area contributed by atoms with Gasteiger partial charge in [-0.15, -0.1) is 0 Å². The number of nitrogens with zero attached hydrogens (tertiary/aromatic N) is 1. The molecular formula is C16H27NO. The van der Waals surface area contributed by atoms with Crippen LogP contribution in [0.4, 0.5) is 0 Å². The molecule has 2 nitrogen and oxygen atoms in total. The van der Waals surface area contributed by atoms with E-state index < -0.39 is 0 Å². The van der Waals surface area contributed by atoms with Crippen LogP contribution in [0.5, 0.6) is 0 Å². The van der Waals surface area contributed by atoms with Crippen molar-refractivity contribution in [3.63, 3.8) is 0 Å². The fourth-order valence-electron chi connectivity index (χ4n) is 4.35. The zero-order valence-corrected chi connectivity index (χ0v) is 11.4. The van der Waals surface area contributed by atoms with Gasteiger partial charge in [0, 0.05) is 18.0 Å². The van der Waals surface area contributed by atoms with E-state index in [0.29, 0.717) is 18.0 Å². The summed E-state index contributed by atoms with van der Waals surface area (Å²) < 4.78 is 0. The minimum Gasteiger partial charge on any atom is -0.393 e. The van der Waals surface area contributed by atoms with Crippen LogP contribution in [0.25, 0.3) is 0 Å². The van der Waals surface area contributed by atoms with Gasteiger partial charge in [-0.25, -0.2) is 0 Å². The van der Waals surface area contributed by atoms with Crippen molar-refractivity contribution in [1.82, 2.24) is 4.90 Å². The Morgan fingerprint density at radius 2 is 1.83 bits per heavy atom. The summed E-state index contributed by atoms with van der Waals surface area (Å²) in [5.41, 5.74) is 0. The molecule has 4 unspecified atom stereocenters. The molecule has 3 aliphatic rings. The van der Waals surface area contributed by atoms with Gasteiger partial charge in [0.05, 0.1) is 6.10 Å². The summed E-state index contributed by atoms with van der Waals surface area (Å²) >= 11 is 0. The lowest BCUT2D eigenvalue weighted by molar-refractivity contribution is 0.0141. The van der Waals surface area contributed by atoms with Crippen LogP contribution >= 0.6 is 0 Å². The number of hydrogen-bond acceptors (Lipinski definition) is 2. The summed E-state index contributed by atoms with van der Waals surface area (Å²) in [5.74, 6) is 0.552. The molecule has 0 amide bonds. The standard InChI is InChI=1S/C16H27NO/c18-16-11-5-4-9-14(16)15-10-6-12-17(15)13-7-2-1-3-8-13/h2,7,13-16,18H,1,3-6,8-12H2. The zero-order chi connectivity index (χ0) is 12.4. The maximum Gasteiger partial charge on any atom is 0.0583 e. The van der Waals surface area contributed by atoms with E-state index in [1.54, 1.807) is 0 Å². The number of likely N-dealkylation sites (tertiary alicyclic amines) is 1. The van der Waals surface area contributed by atoms with E-state index in [0.717, 1.165) is 6.42 Å². The predicted octanol–water partition coefficient (Wildman–Crippen LogP) is 3.11. The number of aliphatic hydroxyl groups is 1. The van der Waals surface area contributed by atoms with Gasteiger partial charge in [-0.2, -0.15) is 0 Å². The molecule has 0 aromatic rings. The Bertz CT molecular complexity index is 301. The van der Waals surface area contributed by atoms with E-state index in [4.69, 9.17) is 0 Å². The fraction of sp³-hybridized carbons (Fsp3) is 0.875. The molecule has 1 aliphatic heterocycles. The molecule has 0 spiro atoms. The molecule has 1 saturated carbocycles. The van der Waals surface area contributed by atoms with Gasteiger partial charge < -0.3 is 5.11 Å². The van der Waals surface area contributed by atoms with Gasteiger partial charge in [-0.05, 0) is 51.5 Å². The highest BCUT2D eigenvalue weighted by molar-refractivity contribution is 5.03. The zero-order valence-electron chi connectivity index (χ0n) is 11.4. The van der Waals surface area contributed by atoms with Gasteiger partial charge in [0.2, 0.25) is 0 Å². The summed E-state index contributed by atoms with van der Waals surface area (Å²) in [7, 11) is 0.